The Balaban J connectivity index is 1.16. The first-order valence-electron chi connectivity index (χ1n) is 14.0. The second kappa shape index (κ2) is 12.0. The monoisotopic (exact) mass is 503 g/mol. The van der Waals surface area contributed by atoms with Gasteiger partial charge in [0.05, 0.1) is 11.7 Å². The summed E-state index contributed by atoms with van der Waals surface area (Å²) < 4.78 is 0. The molecule has 38 heavy (non-hydrogen) atoms. The van der Waals surface area contributed by atoms with Gasteiger partial charge in [-0.15, -0.1) is 0 Å². The van der Waals surface area contributed by atoms with Crippen molar-refractivity contribution < 1.29 is 0 Å². The number of hydrogen-bond acceptors (Lipinski definition) is 5. The molecule has 2 N–H and O–H groups in total. The topological polar surface area (TPSA) is 53.1 Å². The van der Waals surface area contributed by atoms with Crippen molar-refractivity contribution in [3.63, 3.8) is 0 Å². The Morgan fingerprint density at radius 2 is 1.61 bits per heavy atom. The third kappa shape index (κ3) is 6.02. The number of benzene rings is 2. The molecule has 5 nitrogen and oxygen atoms in total. The Morgan fingerprint density at radius 3 is 2.47 bits per heavy atom. The lowest BCUT2D eigenvalue weighted by molar-refractivity contribution is 0.145. The van der Waals surface area contributed by atoms with Gasteiger partial charge in [-0.3, -0.25) is 14.9 Å². The average molecular weight is 504 g/mol. The van der Waals surface area contributed by atoms with Gasteiger partial charge in [-0.05, 0) is 71.2 Å². The minimum Gasteiger partial charge on any atom is -0.309 e. The molecule has 5 heteroatoms. The van der Waals surface area contributed by atoms with E-state index in [-0.39, 0.29) is 0 Å². The SMILES string of the molecule is c1cncc(CNCc2ccc(CN(CC3Cc4ccccc4CN3)C3CCCc4cccnc43)cc2)c1. The first-order valence-corrected chi connectivity index (χ1v) is 14.0. The molecule has 6 rings (SSSR count). The van der Waals surface area contributed by atoms with E-state index in [1.54, 1.807) is 0 Å². The van der Waals surface area contributed by atoms with E-state index < -0.39 is 0 Å². The number of nitrogens with one attached hydrogen (secondary N) is 2. The molecule has 0 amide bonds. The lowest BCUT2D eigenvalue weighted by Gasteiger charge is -2.38. The van der Waals surface area contributed by atoms with Crippen molar-refractivity contribution in [3.8, 4) is 0 Å². The highest BCUT2D eigenvalue weighted by Gasteiger charge is 2.30. The summed E-state index contributed by atoms with van der Waals surface area (Å²) >= 11 is 0. The molecule has 194 valence electrons. The molecule has 2 aromatic carbocycles. The lowest BCUT2D eigenvalue weighted by atomic mass is 9.89. The minimum atomic E-state index is 0.361. The van der Waals surface area contributed by atoms with Crippen LogP contribution in [0, 0.1) is 0 Å². The van der Waals surface area contributed by atoms with Gasteiger partial charge < -0.3 is 10.6 Å². The van der Waals surface area contributed by atoms with E-state index in [9.17, 15) is 0 Å². The average Bonchev–Trinajstić information content (AvgIpc) is 2.98. The molecular formula is C33H37N5. The quantitative estimate of drug-likeness (QED) is 0.322. The molecule has 0 saturated carbocycles. The Kier molecular flexibility index (Phi) is 7.87. The van der Waals surface area contributed by atoms with Crippen LogP contribution in [0.3, 0.4) is 0 Å². The van der Waals surface area contributed by atoms with Gasteiger partial charge in [0.15, 0.2) is 0 Å². The Labute approximate surface area is 226 Å². The van der Waals surface area contributed by atoms with Crippen LogP contribution in [0.15, 0.2) is 91.4 Å². The summed E-state index contributed by atoms with van der Waals surface area (Å²) in [4.78, 5) is 11.8. The molecule has 1 aliphatic carbocycles. The molecule has 2 aromatic heterocycles. The van der Waals surface area contributed by atoms with Crippen molar-refractivity contribution in [3.05, 3.63) is 130 Å². The highest BCUT2D eigenvalue weighted by Crippen LogP contribution is 2.34. The largest absolute Gasteiger partial charge is 0.309 e. The van der Waals surface area contributed by atoms with Crippen LogP contribution in [-0.2, 0) is 39.0 Å². The van der Waals surface area contributed by atoms with Gasteiger partial charge >= 0.3 is 0 Å². The van der Waals surface area contributed by atoms with Crippen molar-refractivity contribution in [2.45, 2.75) is 63.9 Å². The summed E-state index contributed by atoms with van der Waals surface area (Å²) in [5, 5.41) is 7.36. The zero-order valence-corrected chi connectivity index (χ0v) is 22.0. The fraction of sp³-hybridized carbons (Fsp3) is 0.333. The van der Waals surface area contributed by atoms with Gasteiger partial charge in [-0.1, -0.05) is 60.7 Å². The minimum absolute atomic E-state index is 0.361. The highest BCUT2D eigenvalue weighted by atomic mass is 15.2. The molecule has 2 atom stereocenters. The van der Waals surface area contributed by atoms with Crippen molar-refractivity contribution in [2.24, 2.45) is 0 Å². The lowest BCUT2D eigenvalue weighted by Crippen LogP contribution is -2.46. The smallest absolute Gasteiger partial charge is 0.0607 e. The number of rotatable bonds is 9. The van der Waals surface area contributed by atoms with Crippen LogP contribution in [0.1, 0.15) is 58.0 Å². The van der Waals surface area contributed by atoms with E-state index in [1.807, 2.05) is 24.7 Å². The van der Waals surface area contributed by atoms with Crippen LogP contribution in [0.4, 0.5) is 0 Å². The van der Waals surface area contributed by atoms with Crippen LogP contribution < -0.4 is 10.6 Å². The third-order valence-corrected chi connectivity index (χ3v) is 8.02. The number of pyridine rings is 2. The molecule has 4 aromatic rings. The van der Waals surface area contributed by atoms with E-state index >= 15 is 0 Å². The van der Waals surface area contributed by atoms with Crippen LogP contribution in [0.2, 0.25) is 0 Å². The standard InChI is InChI=1S/C33H37N5/c1-2-8-30-22-37-31(18-29(30)7-1)24-38(32-11-3-9-28-10-5-17-36-33(28)32)23-26-14-12-25(13-15-26)19-35-21-27-6-4-16-34-20-27/h1-2,4-8,10,12-17,20,31-32,35,37H,3,9,11,18-19,21-24H2. The predicted octanol–water partition coefficient (Wildman–Crippen LogP) is 5.36. The second-order valence-electron chi connectivity index (χ2n) is 10.7. The maximum absolute atomic E-state index is 4.89. The molecule has 2 unspecified atom stereocenters. The Morgan fingerprint density at radius 1 is 0.816 bits per heavy atom. The normalized spacial score (nSPS) is 18.7. The number of fused-ring (bicyclic) bond motifs is 2. The molecule has 0 radical (unpaired) electrons. The molecule has 1 aliphatic heterocycles. The van der Waals surface area contributed by atoms with E-state index in [0.29, 0.717) is 12.1 Å². The number of aryl methyl sites for hydroxylation is 1. The highest BCUT2D eigenvalue weighted by molar-refractivity contribution is 5.31. The molecule has 0 spiro atoms. The zero-order chi connectivity index (χ0) is 25.6. The summed E-state index contributed by atoms with van der Waals surface area (Å²) in [5.41, 5.74) is 9.51. The maximum Gasteiger partial charge on any atom is 0.0607 e. The van der Waals surface area contributed by atoms with Gasteiger partial charge in [-0.2, -0.15) is 0 Å². The van der Waals surface area contributed by atoms with Crippen LogP contribution in [0.25, 0.3) is 0 Å². The fourth-order valence-corrected chi connectivity index (χ4v) is 6.03. The van der Waals surface area contributed by atoms with Gasteiger partial charge in [0, 0.05) is 57.4 Å². The van der Waals surface area contributed by atoms with Crippen molar-refractivity contribution in [1.82, 2.24) is 25.5 Å². The van der Waals surface area contributed by atoms with Gasteiger partial charge in [-0.25, -0.2) is 0 Å². The van der Waals surface area contributed by atoms with E-state index in [2.05, 4.69) is 87.2 Å². The van der Waals surface area contributed by atoms with E-state index in [4.69, 9.17) is 4.98 Å². The number of hydrogen-bond donors (Lipinski definition) is 2. The zero-order valence-electron chi connectivity index (χ0n) is 22.0. The molecular weight excluding hydrogens is 466 g/mol. The number of aromatic nitrogens is 2. The summed E-state index contributed by atoms with van der Waals surface area (Å²) in [6.07, 6.45) is 10.3. The summed E-state index contributed by atoms with van der Waals surface area (Å²) in [5.74, 6) is 0. The molecule has 0 saturated heterocycles. The van der Waals surface area contributed by atoms with Crippen LogP contribution in [-0.4, -0.2) is 27.5 Å². The Hall–Kier alpha value is -3.38. The van der Waals surface area contributed by atoms with Gasteiger partial charge in [0.2, 0.25) is 0 Å². The summed E-state index contributed by atoms with van der Waals surface area (Å²) in [7, 11) is 0. The predicted molar refractivity (Wildman–Crippen MR) is 152 cm³/mol. The van der Waals surface area contributed by atoms with Crippen LogP contribution in [0.5, 0.6) is 0 Å². The Bertz CT molecular complexity index is 1320. The van der Waals surface area contributed by atoms with Crippen molar-refractivity contribution in [1.29, 1.82) is 0 Å². The third-order valence-electron chi connectivity index (χ3n) is 8.02. The van der Waals surface area contributed by atoms with Gasteiger partial charge in [0.25, 0.3) is 0 Å². The van der Waals surface area contributed by atoms with Crippen molar-refractivity contribution >= 4 is 0 Å². The summed E-state index contributed by atoms with van der Waals surface area (Å²) in [6.45, 7) is 4.58. The number of nitrogens with zero attached hydrogens (tertiary/aromatic N) is 3. The van der Waals surface area contributed by atoms with E-state index in [0.717, 1.165) is 45.6 Å². The van der Waals surface area contributed by atoms with Crippen LogP contribution >= 0.6 is 0 Å². The first kappa shape index (κ1) is 24.9. The first-order chi connectivity index (χ1) is 18.8. The molecule has 3 heterocycles. The fourth-order valence-electron chi connectivity index (χ4n) is 6.03. The van der Waals surface area contributed by atoms with E-state index in [1.165, 1.54) is 51.9 Å². The molecule has 0 fully saturated rings. The second-order valence-corrected chi connectivity index (χ2v) is 10.7. The maximum atomic E-state index is 4.89. The van der Waals surface area contributed by atoms with Crippen molar-refractivity contribution in [2.75, 3.05) is 6.54 Å². The molecule has 2 aliphatic rings. The summed E-state index contributed by atoms with van der Waals surface area (Å²) in [6, 6.07) is 27.3. The molecule has 0 bridgehead atoms. The van der Waals surface area contributed by atoms with Gasteiger partial charge in [0.1, 0.15) is 0 Å².